The van der Waals surface area contributed by atoms with E-state index in [9.17, 15) is 9.59 Å². The molecule has 0 unspecified atom stereocenters. The molecule has 2 aliphatic rings. The molecule has 1 amide bonds. The highest BCUT2D eigenvalue weighted by Crippen LogP contribution is 2.36. The molecular formula is C25H27Cl2N5O2. The second-order valence-electron chi connectivity index (χ2n) is 8.81. The third-order valence-electron chi connectivity index (χ3n) is 7.02. The largest absolute Gasteiger partial charge is 0.339 e. The molecule has 2 saturated heterocycles. The number of benzene rings is 2. The van der Waals surface area contributed by atoms with Crippen LogP contribution in [0.3, 0.4) is 0 Å². The van der Waals surface area contributed by atoms with Crippen molar-refractivity contribution in [1.82, 2.24) is 19.6 Å². The van der Waals surface area contributed by atoms with E-state index in [1.807, 2.05) is 54.1 Å². The Kier molecular flexibility index (Phi) is 6.18. The molecule has 3 heterocycles. The van der Waals surface area contributed by atoms with Crippen molar-refractivity contribution in [3.05, 3.63) is 80.7 Å². The molecule has 0 bridgehead atoms. The normalized spacial score (nSPS) is 18.0. The molecule has 9 heteroatoms. The Labute approximate surface area is 208 Å². The molecule has 0 aliphatic carbocycles. The average Bonchev–Trinajstić information content (AvgIpc) is 3.30. The van der Waals surface area contributed by atoms with E-state index in [0.717, 1.165) is 30.2 Å². The molecule has 3 aromatic rings. The predicted octanol–water partition coefficient (Wildman–Crippen LogP) is 3.89. The van der Waals surface area contributed by atoms with E-state index in [4.69, 9.17) is 23.2 Å². The Morgan fingerprint density at radius 3 is 2.26 bits per heavy atom. The van der Waals surface area contributed by atoms with E-state index < -0.39 is 5.54 Å². The van der Waals surface area contributed by atoms with Crippen LogP contribution in [0.4, 0.5) is 5.69 Å². The van der Waals surface area contributed by atoms with E-state index in [-0.39, 0.29) is 16.5 Å². The maximum Gasteiger partial charge on any atom is 0.290 e. The van der Waals surface area contributed by atoms with Crippen molar-refractivity contribution in [2.24, 2.45) is 0 Å². The average molecular weight is 500 g/mol. The summed E-state index contributed by atoms with van der Waals surface area (Å²) in [5, 5.41) is 3.89. The van der Waals surface area contributed by atoms with E-state index in [0.29, 0.717) is 37.6 Å². The zero-order valence-corrected chi connectivity index (χ0v) is 20.5. The van der Waals surface area contributed by atoms with Crippen LogP contribution in [0.2, 0.25) is 10.0 Å². The zero-order chi connectivity index (χ0) is 23.9. The number of nitrogens with one attached hydrogen (secondary N) is 1. The van der Waals surface area contributed by atoms with Crippen molar-refractivity contribution in [3.8, 4) is 5.69 Å². The van der Waals surface area contributed by atoms with E-state index in [1.54, 1.807) is 16.8 Å². The molecular weight excluding hydrogens is 473 g/mol. The Bertz CT molecular complexity index is 1240. The van der Waals surface area contributed by atoms with Crippen molar-refractivity contribution in [2.45, 2.75) is 38.4 Å². The van der Waals surface area contributed by atoms with Crippen LogP contribution in [0.15, 0.2) is 59.4 Å². The van der Waals surface area contributed by atoms with Crippen LogP contribution in [0.1, 0.15) is 25.5 Å². The minimum Gasteiger partial charge on any atom is -0.339 e. The number of anilines is 1. The molecule has 2 aliphatic heterocycles. The SMILES string of the molecule is CCn1c(CN2CCC3(CC2)C(=O)NCN3c2ccccc2)c(Cl)c(=O)n1-c1ccc(Cl)cc1. The molecule has 5 rings (SSSR count). The lowest BCUT2D eigenvalue weighted by Gasteiger charge is -2.43. The van der Waals surface area contributed by atoms with Crippen LogP contribution in [-0.2, 0) is 17.9 Å². The molecule has 1 spiro atoms. The molecule has 178 valence electrons. The molecule has 0 atom stereocenters. The molecule has 2 fully saturated rings. The number of amides is 1. The maximum absolute atomic E-state index is 13.0. The monoisotopic (exact) mass is 499 g/mol. The summed E-state index contributed by atoms with van der Waals surface area (Å²) < 4.78 is 3.54. The highest BCUT2D eigenvalue weighted by Gasteiger charge is 2.50. The number of para-hydroxylation sites is 1. The minimum atomic E-state index is -0.540. The number of hydrogen-bond acceptors (Lipinski definition) is 4. The number of rotatable bonds is 5. The van der Waals surface area contributed by atoms with Gasteiger partial charge in [-0.2, -0.15) is 0 Å². The molecule has 7 nitrogen and oxygen atoms in total. The Balaban J connectivity index is 1.38. The lowest BCUT2D eigenvalue weighted by molar-refractivity contribution is -0.125. The number of nitrogens with zero attached hydrogens (tertiary/aromatic N) is 4. The highest BCUT2D eigenvalue weighted by atomic mass is 35.5. The quantitative estimate of drug-likeness (QED) is 0.578. The second-order valence-corrected chi connectivity index (χ2v) is 9.62. The third kappa shape index (κ3) is 3.82. The van der Waals surface area contributed by atoms with Crippen LogP contribution < -0.4 is 15.8 Å². The number of likely N-dealkylation sites (tertiary alicyclic amines) is 1. The van der Waals surface area contributed by atoms with Gasteiger partial charge in [0.05, 0.1) is 18.1 Å². The first-order valence-corrected chi connectivity index (χ1v) is 12.3. The van der Waals surface area contributed by atoms with E-state index in [2.05, 4.69) is 15.1 Å². The second kappa shape index (κ2) is 9.13. The number of aromatic nitrogens is 2. The Morgan fingerprint density at radius 1 is 0.941 bits per heavy atom. The van der Waals surface area contributed by atoms with E-state index in [1.165, 1.54) is 0 Å². The number of hydrogen-bond donors (Lipinski definition) is 1. The van der Waals surface area contributed by atoms with Gasteiger partial charge in [-0.05, 0) is 56.2 Å². The van der Waals surface area contributed by atoms with Gasteiger partial charge in [0.15, 0.2) is 0 Å². The summed E-state index contributed by atoms with van der Waals surface area (Å²) >= 11 is 12.6. The first kappa shape index (κ1) is 23.0. The van der Waals surface area contributed by atoms with Crippen LogP contribution >= 0.6 is 23.2 Å². The Morgan fingerprint density at radius 2 is 1.62 bits per heavy atom. The van der Waals surface area contributed by atoms with Crippen molar-refractivity contribution >= 4 is 34.8 Å². The van der Waals surface area contributed by atoms with Gasteiger partial charge in [-0.1, -0.05) is 41.4 Å². The summed E-state index contributed by atoms with van der Waals surface area (Å²) in [6.07, 6.45) is 1.42. The molecule has 2 aromatic carbocycles. The zero-order valence-electron chi connectivity index (χ0n) is 19.0. The van der Waals surface area contributed by atoms with Gasteiger partial charge >= 0.3 is 0 Å². The van der Waals surface area contributed by atoms with Gasteiger partial charge in [0, 0.05) is 36.9 Å². The van der Waals surface area contributed by atoms with Gasteiger partial charge in [-0.25, -0.2) is 4.68 Å². The summed E-state index contributed by atoms with van der Waals surface area (Å²) in [5.74, 6) is 0.0911. The number of halogens is 2. The number of piperidine rings is 1. The predicted molar refractivity (Wildman–Crippen MR) is 135 cm³/mol. The van der Waals surface area contributed by atoms with Crippen molar-refractivity contribution in [2.75, 3.05) is 24.7 Å². The van der Waals surface area contributed by atoms with Gasteiger partial charge in [0.2, 0.25) is 5.91 Å². The van der Waals surface area contributed by atoms with E-state index >= 15 is 0 Å². The van der Waals surface area contributed by atoms with Gasteiger partial charge < -0.3 is 10.2 Å². The Hall–Kier alpha value is -2.74. The minimum absolute atomic E-state index is 0.0911. The smallest absolute Gasteiger partial charge is 0.290 e. The van der Waals surface area contributed by atoms with Gasteiger partial charge in [-0.15, -0.1) is 0 Å². The fraction of sp³-hybridized carbons (Fsp3) is 0.360. The summed E-state index contributed by atoms with van der Waals surface area (Å²) in [5.41, 5.74) is 1.79. The highest BCUT2D eigenvalue weighted by molar-refractivity contribution is 6.31. The number of carbonyl (C=O) groups excluding carboxylic acids is 1. The fourth-order valence-electron chi connectivity index (χ4n) is 5.21. The molecule has 34 heavy (non-hydrogen) atoms. The first-order chi connectivity index (χ1) is 16.4. The molecule has 0 radical (unpaired) electrons. The van der Waals surface area contributed by atoms with Crippen LogP contribution in [0, 0.1) is 0 Å². The molecule has 1 aromatic heterocycles. The fourth-order valence-corrected chi connectivity index (χ4v) is 5.57. The molecule has 1 N–H and O–H groups in total. The lowest BCUT2D eigenvalue weighted by Crippen LogP contribution is -2.56. The van der Waals surface area contributed by atoms with Crippen LogP contribution in [0.5, 0.6) is 0 Å². The van der Waals surface area contributed by atoms with Crippen molar-refractivity contribution in [3.63, 3.8) is 0 Å². The summed E-state index contributed by atoms with van der Waals surface area (Å²) in [4.78, 5) is 30.4. The van der Waals surface area contributed by atoms with Gasteiger partial charge in [0.25, 0.3) is 5.56 Å². The maximum atomic E-state index is 13.0. The summed E-state index contributed by atoms with van der Waals surface area (Å²) in [6.45, 7) is 5.13. The number of carbonyl (C=O) groups is 1. The summed E-state index contributed by atoms with van der Waals surface area (Å²) in [7, 11) is 0. The van der Waals surface area contributed by atoms with Crippen molar-refractivity contribution in [1.29, 1.82) is 0 Å². The summed E-state index contributed by atoms with van der Waals surface area (Å²) in [6, 6.07) is 17.2. The lowest BCUT2D eigenvalue weighted by atomic mass is 9.85. The van der Waals surface area contributed by atoms with Gasteiger partial charge in [0.1, 0.15) is 10.6 Å². The van der Waals surface area contributed by atoms with Crippen LogP contribution in [0.25, 0.3) is 5.69 Å². The van der Waals surface area contributed by atoms with Gasteiger partial charge in [-0.3, -0.25) is 19.2 Å². The topological polar surface area (TPSA) is 62.5 Å². The van der Waals surface area contributed by atoms with Crippen molar-refractivity contribution < 1.29 is 4.79 Å². The third-order valence-corrected chi connectivity index (χ3v) is 7.65. The molecule has 0 saturated carbocycles. The standard InChI is InChI=1S/C25H27Cl2N5O2/c1-2-31-21(22(27)23(33)32(31)20-10-8-18(26)9-11-20)16-29-14-12-25(13-15-29)24(34)28-17-30(25)19-6-4-3-5-7-19/h3-11H,2,12-17H2,1H3,(H,28,34). The first-order valence-electron chi connectivity index (χ1n) is 11.5. The van der Waals surface area contributed by atoms with Crippen LogP contribution in [-0.4, -0.2) is 45.5 Å².